The van der Waals surface area contributed by atoms with E-state index in [4.69, 9.17) is 20.4 Å². The summed E-state index contributed by atoms with van der Waals surface area (Å²) in [5.41, 5.74) is 12.4. The minimum atomic E-state index is 0.163. The molecule has 0 bridgehead atoms. The number of fused-ring (bicyclic) bond motifs is 1. The maximum absolute atomic E-state index is 5.73. The molecule has 1 saturated heterocycles. The van der Waals surface area contributed by atoms with E-state index in [-0.39, 0.29) is 6.10 Å². The molecule has 4 rings (SSSR count). The second-order valence-corrected chi connectivity index (χ2v) is 8.35. The Balaban J connectivity index is 1.44. The average molecular weight is 420 g/mol. The third-order valence-electron chi connectivity index (χ3n) is 5.90. The van der Waals surface area contributed by atoms with Crippen molar-refractivity contribution in [2.45, 2.75) is 39.8 Å². The highest BCUT2D eigenvalue weighted by molar-refractivity contribution is 5.76. The zero-order valence-corrected chi connectivity index (χ0v) is 18.8. The highest BCUT2D eigenvalue weighted by Gasteiger charge is 2.17. The van der Waals surface area contributed by atoms with Crippen molar-refractivity contribution in [3.63, 3.8) is 0 Å². The van der Waals surface area contributed by atoms with Crippen molar-refractivity contribution in [2.75, 3.05) is 32.8 Å². The first-order valence-electron chi connectivity index (χ1n) is 11.2. The summed E-state index contributed by atoms with van der Waals surface area (Å²) in [6.45, 7) is 11.2. The van der Waals surface area contributed by atoms with Crippen LogP contribution in [0.4, 0.5) is 0 Å². The summed E-state index contributed by atoms with van der Waals surface area (Å²) in [4.78, 5) is 12.0. The smallest absolute Gasteiger partial charge is 0.160 e. The van der Waals surface area contributed by atoms with Gasteiger partial charge in [-0.3, -0.25) is 4.90 Å². The number of hydrogen-bond acceptors (Lipinski definition) is 5. The van der Waals surface area contributed by atoms with E-state index >= 15 is 0 Å². The molecule has 3 heterocycles. The van der Waals surface area contributed by atoms with E-state index in [0.717, 1.165) is 61.9 Å². The summed E-state index contributed by atoms with van der Waals surface area (Å²) in [5, 5.41) is 0. The topological polar surface area (TPSA) is 69.2 Å². The average Bonchev–Trinajstić information content (AvgIpc) is 3.13. The lowest BCUT2D eigenvalue weighted by molar-refractivity contribution is -0.0190. The van der Waals surface area contributed by atoms with Crippen LogP contribution >= 0.6 is 0 Å². The number of nitrogens with two attached hydrogens (primary N) is 1. The molecule has 0 amide bonds. The van der Waals surface area contributed by atoms with E-state index in [1.165, 1.54) is 16.7 Å². The van der Waals surface area contributed by atoms with Gasteiger partial charge in [0.25, 0.3) is 0 Å². The normalized spacial score (nSPS) is 17.7. The standard InChI is InChI=1S/C25H33N5O/c1-4-23-28-24-18(2)14-19(3)27-25(24)30(23)16-21-9-7-20(8-10-21)6-5-11-29-12-13-31-22(15-26)17-29/h5-10,14,22H,4,11-13,15-17,26H2,1-3H3/b6-5+. The summed E-state index contributed by atoms with van der Waals surface area (Å²) >= 11 is 0. The highest BCUT2D eigenvalue weighted by atomic mass is 16.5. The number of aryl methyl sites for hydroxylation is 3. The molecule has 164 valence electrons. The number of rotatable bonds is 7. The number of aromatic nitrogens is 3. The van der Waals surface area contributed by atoms with Crippen molar-refractivity contribution >= 4 is 17.2 Å². The Kier molecular flexibility index (Phi) is 6.80. The molecule has 2 N–H and O–H groups in total. The Morgan fingerprint density at radius 2 is 2.00 bits per heavy atom. The molecule has 31 heavy (non-hydrogen) atoms. The number of benzene rings is 1. The van der Waals surface area contributed by atoms with E-state index in [1.807, 2.05) is 6.92 Å². The number of imidazole rings is 1. The molecule has 1 aliphatic heterocycles. The quantitative estimate of drug-likeness (QED) is 0.636. The minimum Gasteiger partial charge on any atom is -0.374 e. The molecule has 1 atom stereocenters. The molecule has 2 aromatic heterocycles. The van der Waals surface area contributed by atoms with Crippen molar-refractivity contribution in [3.05, 3.63) is 64.6 Å². The molecule has 1 unspecified atom stereocenters. The van der Waals surface area contributed by atoms with Crippen molar-refractivity contribution < 1.29 is 4.74 Å². The maximum atomic E-state index is 5.73. The van der Waals surface area contributed by atoms with Gasteiger partial charge in [-0.05, 0) is 36.6 Å². The fourth-order valence-electron chi connectivity index (χ4n) is 4.23. The number of ether oxygens (including phenoxy) is 1. The predicted octanol–water partition coefficient (Wildman–Crippen LogP) is 3.33. The zero-order valence-electron chi connectivity index (χ0n) is 18.8. The SMILES string of the molecule is CCc1nc2c(C)cc(C)nc2n1Cc1ccc(/C=C/CN2CCOC(CN)C2)cc1. The lowest BCUT2D eigenvalue weighted by atomic mass is 10.1. The van der Waals surface area contributed by atoms with E-state index in [1.54, 1.807) is 0 Å². The largest absolute Gasteiger partial charge is 0.374 e. The van der Waals surface area contributed by atoms with Crippen LogP contribution in [0.3, 0.4) is 0 Å². The van der Waals surface area contributed by atoms with Gasteiger partial charge in [-0.25, -0.2) is 9.97 Å². The van der Waals surface area contributed by atoms with Crippen LogP contribution in [-0.4, -0.2) is 58.3 Å². The molecule has 0 spiro atoms. The number of morpholine rings is 1. The Labute approximate surface area is 184 Å². The van der Waals surface area contributed by atoms with Gasteiger partial charge in [0.05, 0.1) is 19.3 Å². The van der Waals surface area contributed by atoms with Crippen LogP contribution in [0.5, 0.6) is 0 Å². The van der Waals surface area contributed by atoms with Crippen LogP contribution < -0.4 is 5.73 Å². The van der Waals surface area contributed by atoms with E-state index in [0.29, 0.717) is 6.54 Å². The van der Waals surface area contributed by atoms with Crippen LogP contribution in [0.15, 0.2) is 36.4 Å². The van der Waals surface area contributed by atoms with Gasteiger partial charge in [0, 0.05) is 38.3 Å². The summed E-state index contributed by atoms with van der Waals surface area (Å²) in [6, 6.07) is 10.9. The molecule has 0 saturated carbocycles. The van der Waals surface area contributed by atoms with E-state index in [2.05, 4.69) is 65.8 Å². The number of pyridine rings is 1. The van der Waals surface area contributed by atoms with Gasteiger partial charge < -0.3 is 15.0 Å². The monoisotopic (exact) mass is 419 g/mol. The molecule has 3 aromatic rings. The van der Waals surface area contributed by atoms with E-state index < -0.39 is 0 Å². The molecule has 1 aromatic carbocycles. The van der Waals surface area contributed by atoms with Gasteiger partial charge in [-0.2, -0.15) is 0 Å². The van der Waals surface area contributed by atoms with Crippen molar-refractivity contribution in [1.82, 2.24) is 19.4 Å². The highest BCUT2D eigenvalue weighted by Crippen LogP contribution is 2.21. The van der Waals surface area contributed by atoms with Crippen molar-refractivity contribution in [3.8, 4) is 0 Å². The number of nitrogens with zero attached hydrogens (tertiary/aromatic N) is 4. The number of hydrogen-bond donors (Lipinski definition) is 1. The molecular formula is C25H33N5O. The van der Waals surface area contributed by atoms with Crippen LogP contribution in [0, 0.1) is 13.8 Å². The Bertz CT molecular complexity index is 1050. The molecular weight excluding hydrogens is 386 g/mol. The summed E-state index contributed by atoms with van der Waals surface area (Å²) in [7, 11) is 0. The fourth-order valence-corrected chi connectivity index (χ4v) is 4.23. The van der Waals surface area contributed by atoms with Crippen LogP contribution in [0.2, 0.25) is 0 Å². The second kappa shape index (κ2) is 9.73. The maximum Gasteiger partial charge on any atom is 0.160 e. The lowest BCUT2D eigenvalue weighted by Gasteiger charge is -2.31. The van der Waals surface area contributed by atoms with Gasteiger partial charge in [-0.15, -0.1) is 0 Å². The predicted molar refractivity (Wildman–Crippen MR) is 126 cm³/mol. The molecule has 6 heteroatoms. The molecule has 1 aliphatic rings. The van der Waals surface area contributed by atoms with Gasteiger partial charge in [-0.1, -0.05) is 43.3 Å². The lowest BCUT2D eigenvalue weighted by Crippen LogP contribution is -2.45. The first-order valence-corrected chi connectivity index (χ1v) is 11.2. The van der Waals surface area contributed by atoms with Crippen molar-refractivity contribution in [2.24, 2.45) is 5.73 Å². The van der Waals surface area contributed by atoms with Crippen LogP contribution in [0.25, 0.3) is 17.2 Å². The first-order chi connectivity index (χ1) is 15.1. The van der Waals surface area contributed by atoms with Crippen molar-refractivity contribution in [1.29, 1.82) is 0 Å². The Hall–Kier alpha value is -2.54. The first kappa shape index (κ1) is 21.7. The van der Waals surface area contributed by atoms with E-state index in [9.17, 15) is 0 Å². The summed E-state index contributed by atoms with van der Waals surface area (Å²) < 4.78 is 7.89. The Morgan fingerprint density at radius 3 is 2.74 bits per heavy atom. The second-order valence-electron chi connectivity index (χ2n) is 8.35. The van der Waals surface area contributed by atoms with Gasteiger partial charge >= 0.3 is 0 Å². The summed E-state index contributed by atoms with van der Waals surface area (Å²) in [6.07, 6.45) is 5.47. The van der Waals surface area contributed by atoms with Gasteiger partial charge in [0.1, 0.15) is 11.3 Å². The molecule has 6 nitrogen and oxygen atoms in total. The third kappa shape index (κ3) is 5.03. The molecule has 0 aliphatic carbocycles. The zero-order chi connectivity index (χ0) is 21.8. The molecule has 1 fully saturated rings. The third-order valence-corrected chi connectivity index (χ3v) is 5.90. The molecule has 0 radical (unpaired) electrons. The van der Waals surface area contributed by atoms with Crippen LogP contribution in [-0.2, 0) is 17.7 Å². The fraction of sp³-hybridized carbons (Fsp3) is 0.440. The van der Waals surface area contributed by atoms with Crippen LogP contribution in [0.1, 0.15) is 35.1 Å². The summed E-state index contributed by atoms with van der Waals surface area (Å²) in [5.74, 6) is 1.08. The minimum absolute atomic E-state index is 0.163. The van der Waals surface area contributed by atoms with Gasteiger partial charge in [0.15, 0.2) is 5.65 Å². The van der Waals surface area contributed by atoms with Gasteiger partial charge in [0.2, 0.25) is 0 Å². The Morgan fingerprint density at radius 1 is 1.19 bits per heavy atom.